The summed E-state index contributed by atoms with van der Waals surface area (Å²) in [4.78, 5) is 35.3. The molecule has 0 aliphatic carbocycles. The number of nitrogens with zero attached hydrogens (tertiary/aromatic N) is 1. The third-order valence-electron chi connectivity index (χ3n) is 2.74. The van der Waals surface area contributed by atoms with Gasteiger partial charge in [-0.05, 0) is 11.8 Å². The van der Waals surface area contributed by atoms with Crippen LogP contribution in [0.2, 0.25) is 0 Å². The predicted octanol–water partition coefficient (Wildman–Crippen LogP) is 1.93. The molecule has 0 aliphatic heterocycles. The topological polar surface area (TPSA) is 125 Å². The van der Waals surface area contributed by atoms with Gasteiger partial charge in [0.25, 0.3) is 11.6 Å². The number of aliphatic carboxylic acids is 1. The molecule has 0 aromatic carbocycles. The number of hydrogen-bond acceptors (Lipinski definition) is 4. The molecular weight excluding hydrogens is 278 g/mol. The van der Waals surface area contributed by atoms with Crippen molar-refractivity contribution in [1.82, 2.24) is 10.3 Å². The quantitative estimate of drug-likeness (QED) is 0.546. The maximum Gasteiger partial charge on any atom is 0.305 e. The number of amides is 1. The number of nitrogens with one attached hydrogen (secondary N) is 2. The zero-order valence-corrected chi connectivity index (χ0v) is 12.2. The van der Waals surface area contributed by atoms with Gasteiger partial charge in [-0.15, -0.1) is 0 Å². The molecule has 3 N–H and O–H groups in total. The van der Waals surface area contributed by atoms with Gasteiger partial charge in [0.2, 0.25) is 0 Å². The fourth-order valence-corrected chi connectivity index (χ4v) is 2.01. The largest absolute Gasteiger partial charge is 0.481 e. The average Bonchev–Trinajstić information content (AvgIpc) is 2.74. The molecule has 0 aliphatic rings. The summed E-state index contributed by atoms with van der Waals surface area (Å²) in [6.45, 7) is 5.81. The smallest absolute Gasteiger partial charge is 0.305 e. The van der Waals surface area contributed by atoms with Crippen LogP contribution in [0.1, 0.15) is 44.1 Å². The third-order valence-corrected chi connectivity index (χ3v) is 2.74. The van der Waals surface area contributed by atoms with Crippen LogP contribution in [0.5, 0.6) is 0 Å². The SMILES string of the molecule is CC(C)(C)CC(CC(=O)O)NC(=O)c1cc([N+](=O)[O-])c[nH]1. The molecule has 0 bridgehead atoms. The van der Waals surface area contributed by atoms with Crippen molar-refractivity contribution >= 4 is 17.6 Å². The van der Waals surface area contributed by atoms with Gasteiger partial charge in [-0.1, -0.05) is 20.8 Å². The lowest BCUT2D eigenvalue weighted by atomic mass is 9.87. The Balaban J connectivity index is 2.78. The highest BCUT2D eigenvalue weighted by Crippen LogP contribution is 2.22. The summed E-state index contributed by atoms with van der Waals surface area (Å²) in [7, 11) is 0. The molecule has 1 aromatic heterocycles. The van der Waals surface area contributed by atoms with Crippen LogP contribution in [0, 0.1) is 15.5 Å². The van der Waals surface area contributed by atoms with Gasteiger partial charge in [0.1, 0.15) is 5.69 Å². The second kappa shape index (κ2) is 6.38. The summed E-state index contributed by atoms with van der Waals surface area (Å²) in [6, 6.07) is 0.571. The average molecular weight is 297 g/mol. The van der Waals surface area contributed by atoms with Gasteiger partial charge in [0.05, 0.1) is 17.5 Å². The van der Waals surface area contributed by atoms with Gasteiger partial charge in [0.15, 0.2) is 0 Å². The summed E-state index contributed by atoms with van der Waals surface area (Å²) in [6.07, 6.45) is 1.39. The number of rotatable bonds is 6. The van der Waals surface area contributed by atoms with Gasteiger partial charge in [0, 0.05) is 12.1 Å². The Hall–Kier alpha value is -2.38. The number of carbonyl (C=O) groups excluding carboxylic acids is 1. The summed E-state index contributed by atoms with van der Waals surface area (Å²) < 4.78 is 0. The van der Waals surface area contributed by atoms with Gasteiger partial charge >= 0.3 is 5.97 Å². The van der Waals surface area contributed by atoms with Crippen molar-refractivity contribution in [2.75, 3.05) is 0 Å². The van der Waals surface area contributed by atoms with E-state index in [1.807, 2.05) is 20.8 Å². The maximum atomic E-state index is 12.0. The molecular formula is C13H19N3O5. The number of nitro groups is 1. The Morgan fingerprint density at radius 2 is 2.10 bits per heavy atom. The van der Waals surface area contributed by atoms with Crippen LogP contribution >= 0.6 is 0 Å². The standard InChI is InChI=1S/C13H19N3O5/c1-13(2,3)6-8(4-11(17)18)15-12(19)10-5-9(7-14-10)16(20)21/h5,7-8,14H,4,6H2,1-3H3,(H,15,19)(H,17,18). The highest BCUT2D eigenvalue weighted by molar-refractivity contribution is 5.93. The van der Waals surface area contributed by atoms with Gasteiger partial charge in [-0.3, -0.25) is 19.7 Å². The molecule has 0 fully saturated rings. The number of carboxylic acids is 1. The first-order chi connectivity index (χ1) is 9.58. The molecule has 21 heavy (non-hydrogen) atoms. The van der Waals surface area contributed by atoms with Crippen LogP contribution in [-0.2, 0) is 4.79 Å². The van der Waals surface area contributed by atoms with Crippen LogP contribution in [0.15, 0.2) is 12.3 Å². The Labute approximate surface area is 121 Å². The van der Waals surface area contributed by atoms with E-state index in [1.165, 1.54) is 0 Å². The molecule has 0 saturated heterocycles. The molecule has 1 unspecified atom stereocenters. The molecule has 1 atom stereocenters. The molecule has 8 heteroatoms. The van der Waals surface area contributed by atoms with E-state index in [9.17, 15) is 19.7 Å². The highest BCUT2D eigenvalue weighted by atomic mass is 16.6. The molecule has 0 spiro atoms. The van der Waals surface area contributed by atoms with Crippen molar-refractivity contribution < 1.29 is 19.6 Å². The van der Waals surface area contributed by atoms with Gasteiger partial charge in [-0.25, -0.2) is 0 Å². The Morgan fingerprint density at radius 1 is 1.48 bits per heavy atom. The van der Waals surface area contributed by atoms with Crippen molar-refractivity contribution in [3.8, 4) is 0 Å². The van der Waals surface area contributed by atoms with Crippen molar-refractivity contribution in [2.24, 2.45) is 5.41 Å². The van der Waals surface area contributed by atoms with E-state index >= 15 is 0 Å². The van der Waals surface area contributed by atoms with Crippen LogP contribution in [0.4, 0.5) is 5.69 Å². The Kier molecular flexibility index (Phi) is 5.07. The fourth-order valence-electron chi connectivity index (χ4n) is 2.01. The summed E-state index contributed by atoms with van der Waals surface area (Å²) in [5.41, 5.74) is -0.341. The highest BCUT2D eigenvalue weighted by Gasteiger charge is 2.24. The summed E-state index contributed by atoms with van der Waals surface area (Å²) in [5.74, 6) is -1.57. The molecule has 1 heterocycles. The summed E-state index contributed by atoms with van der Waals surface area (Å²) >= 11 is 0. The Morgan fingerprint density at radius 3 is 2.52 bits per heavy atom. The number of H-pyrrole nitrogens is 1. The molecule has 1 aromatic rings. The van der Waals surface area contributed by atoms with Gasteiger partial charge < -0.3 is 15.4 Å². The van der Waals surface area contributed by atoms with Crippen molar-refractivity contribution in [3.05, 3.63) is 28.1 Å². The van der Waals surface area contributed by atoms with Crippen molar-refractivity contribution in [2.45, 2.75) is 39.7 Å². The van der Waals surface area contributed by atoms with E-state index in [1.54, 1.807) is 0 Å². The Bertz CT molecular complexity index is 544. The first kappa shape index (κ1) is 16.7. The molecule has 0 radical (unpaired) electrons. The number of hydrogen-bond donors (Lipinski definition) is 3. The molecule has 1 amide bonds. The van der Waals surface area contributed by atoms with Crippen LogP contribution < -0.4 is 5.32 Å². The van der Waals surface area contributed by atoms with E-state index in [4.69, 9.17) is 5.11 Å². The van der Waals surface area contributed by atoms with Crippen LogP contribution in [0.25, 0.3) is 0 Å². The first-order valence-corrected chi connectivity index (χ1v) is 6.44. The lowest BCUT2D eigenvalue weighted by Gasteiger charge is -2.25. The number of carbonyl (C=O) groups is 2. The second-order valence-corrected chi connectivity index (χ2v) is 6.06. The van der Waals surface area contributed by atoms with Crippen molar-refractivity contribution in [3.63, 3.8) is 0 Å². The maximum absolute atomic E-state index is 12.0. The monoisotopic (exact) mass is 297 g/mol. The minimum atomic E-state index is -1.01. The molecule has 1 rings (SSSR count). The van der Waals surface area contributed by atoms with Crippen LogP contribution in [-0.4, -0.2) is 32.9 Å². The second-order valence-electron chi connectivity index (χ2n) is 6.06. The predicted molar refractivity (Wildman–Crippen MR) is 75.0 cm³/mol. The molecule has 0 saturated carbocycles. The third kappa shape index (κ3) is 5.64. The zero-order valence-electron chi connectivity index (χ0n) is 12.2. The zero-order chi connectivity index (χ0) is 16.2. The first-order valence-electron chi connectivity index (χ1n) is 6.44. The van der Waals surface area contributed by atoms with E-state index in [0.29, 0.717) is 6.42 Å². The summed E-state index contributed by atoms with van der Waals surface area (Å²) in [5, 5.41) is 22.1. The minimum Gasteiger partial charge on any atom is -0.481 e. The minimum absolute atomic E-state index is 0.0333. The number of aromatic amines is 1. The molecule has 8 nitrogen and oxygen atoms in total. The van der Waals surface area contributed by atoms with E-state index in [2.05, 4.69) is 10.3 Å². The number of aromatic nitrogens is 1. The van der Waals surface area contributed by atoms with Gasteiger partial charge in [-0.2, -0.15) is 0 Å². The number of carboxylic acid groups (broad SMARTS) is 1. The molecule has 116 valence electrons. The lowest BCUT2D eigenvalue weighted by Crippen LogP contribution is -2.39. The van der Waals surface area contributed by atoms with Crippen LogP contribution in [0.3, 0.4) is 0 Å². The van der Waals surface area contributed by atoms with E-state index in [0.717, 1.165) is 12.3 Å². The fraction of sp³-hybridized carbons (Fsp3) is 0.538. The van der Waals surface area contributed by atoms with E-state index < -0.39 is 22.8 Å². The van der Waals surface area contributed by atoms with Crippen molar-refractivity contribution in [1.29, 1.82) is 0 Å². The van der Waals surface area contributed by atoms with E-state index in [-0.39, 0.29) is 23.2 Å². The normalized spacial score (nSPS) is 12.7. The lowest BCUT2D eigenvalue weighted by molar-refractivity contribution is -0.384.